The first-order valence-electron chi connectivity index (χ1n) is 4.30. The molecule has 1 aliphatic rings. The summed E-state index contributed by atoms with van der Waals surface area (Å²) in [7, 11) is 0. The van der Waals surface area contributed by atoms with E-state index in [9.17, 15) is 9.59 Å². The lowest BCUT2D eigenvalue weighted by Crippen LogP contribution is -2.46. The Balaban J connectivity index is 2.11. The molecule has 7 nitrogen and oxygen atoms in total. The summed E-state index contributed by atoms with van der Waals surface area (Å²) in [5, 5.41) is 7.56. The van der Waals surface area contributed by atoms with Crippen LogP contribution in [0.1, 0.15) is 15.4 Å². The molecule has 1 saturated heterocycles. The quantitative estimate of drug-likeness (QED) is 0.675. The SMILES string of the molecule is Cc1nnsc1C(=O)NN1C(=O)CNC1=S. The van der Waals surface area contributed by atoms with Crippen molar-refractivity contribution < 1.29 is 9.59 Å². The van der Waals surface area contributed by atoms with E-state index in [1.165, 1.54) is 0 Å². The molecule has 0 radical (unpaired) electrons. The number of amides is 2. The number of aromatic nitrogens is 2. The van der Waals surface area contributed by atoms with E-state index >= 15 is 0 Å². The Hall–Kier alpha value is -1.61. The van der Waals surface area contributed by atoms with Crippen molar-refractivity contribution >= 4 is 40.7 Å². The average Bonchev–Trinajstić information content (AvgIpc) is 2.79. The largest absolute Gasteiger partial charge is 0.352 e. The Morgan fingerprint density at radius 2 is 2.44 bits per heavy atom. The Kier molecular flexibility index (Phi) is 2.79. The van der Waals surface area contributed by atoms with E-state index in [1.54, 1.807) is 6.92 Å². The lowest BCUT2D eigenvalue weighted by molar-refractivity contribution is -0.126. The third-order valence-corrected chi connectivity index (χ3v) is 3.07. The molecule has 0 aromatic carbocycles. The van der Waals surface area contributed by atoms with Gasteiger partial charge in [-0.3, -0.25) is 15.0 Å². The van der Waals surface area contributed by atoms with Crippen molar-refractivity contribution in [3.05, 3.63) is 10.6 Å². The van der Waals surface area contributed by atoms with Gasteiger partial charge in [-0.25, -0.2) is 0 Å². The van der Waals surface area contributed by atoms with Crippen molar-refractivity contribution in [1.29, 1.82) is 0 Å². The Morgan fingerprint density at radius 1 is 1.69 bits per heavy atom. The number of nitrogens with one attached hydrogen (secondary N) is 2. The van der Waals surface area contributed by atoms with Gasteiger partial charge < -0.3 is 5.32 Å². The summed E-state index contributed by atoms with van der Waals surface area (Å²) in [4.78, 5) is 23.4. The third kappa shape index (κ3) is 1.86. The lowest BCUT2D eigenvalue weighted by atomic mass is 10.4. The van der Waals surface area contributed by atoms with Gasteiger partial charge in [-0.15, -0.1) is 5.10 Å². The van der Waals surface area contributed by atoms with Gasteiger partial charge in [0.15, 0.2) is 5.11 Å². The van der Waals surface area contributed by atoms with E-state index in [0.29, 0.717) is 10.6 Å². The molecule has 0 aliphatic carbocycles. The van der Waals surface area contributed by atoms with Crippen LogP contribution in [-0.2, 0) is 4.79 Å². The smallest absolute Gasteiger partial charge is 0.283 e. The second kappa shape index (κ2) is 4.10. The minimum atomic E-state index is -0.438. The van der Waals surface area contributed by atoms with Crippen molar-refractivity contribution in [3.8, 4) is 0 Å². The predicted molar refractivity (Wildman–Crippen MR) is 59.6 cm³/mol. The van der Waals surface area contributed by atoms with Gasteiger partial charge in [0.25, 0.3) is 11.8 Å². The monoisotopic (exact) mass is 257 g/mol. The van der Waals surface area contributed by atoms with E-state index in [0.717, 1.165) is 16.5 Å². The van der Waals surface area contributed by atoms with E-state index in [2.05, 4.69) is 20.3 Å². The molecule has 2 heterocycles. The maximum Gasteiger partial charge on any atom is 0.283 e. The predicted octanol–water partition coefficient (Wildman–Crippen LogP) is -0.792. The third-order valence-electron chi connectivity index (χ3n) is 1.91. The molecule has 2 amide bonds. The van der Waals surface area contributed by atoms with Crippen molar-refractivity contribution in [3.63, 3.8) is 0 Å². The second-order valence-corrected chi connectivity index (χ2v) is 4.16. The van der Waals surface area contributed by atoms with Crippen LogP contribution in [0.4, 0.5) is 0 Å². The molecule has 0 atom stereocenters. The fraction of sp³-hybridized carbons (Fsp3) is 0.286. The normalized spacial score (nSPS) is 15.2. The van der Waals surface area contributed by atoms with Crippen LogP contribution >= 0.6 is 23.8 Å². The molecule has 0 bridgehead atoms. The van der Waals surface area contributed by atoms with Gasteiger partial charge in [-0.1, -0.05) is 4.49 Å². The minimum Gasteiger partial charge on any atom is -0.352 e. The number of nitrogens with zero attached hydrogens (tertiary/aromatic N) is 3. The fourth-order valence-electron chi connectivity index (χ4n) is 1.13. The number of thiocarbonyl (C=S) groups is 1. The lowest BCUT2D eigenvalue weighted by Gasteiger charge is -2.14. The van der Waals surface area contributed by atoms with Crippen molar-refractivity contribution in [2.75, 3.05) is 6.54 Å². The Bertz CT molecular complexity index is 455. The highest BCUT2D eigenvalue weighted by atomic mass is 32.1. The molecule has 1 aromatic rings. The Labute approximate surface area is 100.0 Å². The molecule has 2 rings (SSSR count). The van der Waals surface area contributed by atoms with Crippen LogP contribution in [0.3, 0.4) is 0 Å². The van der Waals surface area contributed by atoms with Crippen LogP contribution in [-0.4, -0.2) is 38.1 Å². The summed E-state index contributed by atoms with van der Waals surface area (Å²) >= 11 is 5.82. The van der Waals surface area contributed by atoms with Crippen molar-refractivity contribution in [1.82, 2.24) is 25.3 Å². The molecule has 0 spiro atoms. The Morgan fingerprint density at radius 3 is 2.94 bits per heavy atom. The first-order valence-corrected chi connectivity index (χ1v) is 5.48. The molecular formula is C7H7N5O2S2. The maximum absolute atomic E-state index is 11.7. The van der Waals surface area contributed by atoms with Gasteiger partial charge >= 0.3 is 0 Å². The summed E-state index contributed by atoms with van der Waals surface area (Å²) in [6, 6.07) is 0. The summed E-state index contributed by atoms with van der Waals surface area (Å²) in [5.74, 6) is -0.736. The van der Waals surface area contributed by atoms with Gasteiger partial charge in [-0.2, -0.15) is 5.01 Å². The minimum absolute atomic E-state index is 0.0963. The number of hydrogen-bond acceptors (Lipinski definition) is 6. The van der Waals surface area contributed by atoms with Crippen LogP contribution in [0, 0.1) is 6.92 Å². The standard InChI is InChI=1S/C7H7N5O2S2/c1-3-5(16-11-9-3)6(14)10-12-4(13)2-8-7(12)15/h2H2,1H3,(H,8,15)(H,10,14). The van der Waals surface area contributed by atoms with E-state index < -0.39 is 5.91 Å². The summed E-state index contributed by atoms with van der Waals surface area (Å²) < 4.78 is 3.63. The van der Waals surface area contributed by atoms with E-state index in [1.807, 2.05) is 0 Å². The van der Waals surface area contributed by atoms with Crippen LogP contribution in [0.2, 0.25) is 0 Å². The first-order chi connectivity index (χ1) is 7.59. The van der Waals surface area contributed by atoms with Crippen molar-refractivity contribution in [2.45, 2.75) is 6.92 Å². The summed E-state index contributed by atoms with van der Waals surface area (Å²) in [5.41, 5.74) is 2.91. The van der Waals surface area contributed by atoms with Crippen molar-refractivity contribution in [2.24, 2.45) is 0 Å². The highest BCUT2D eigenvalue weighted by molar-refractivity contribution is 7.80. The molecule has 1 aromatic heterocycles. The molecule has 84 valence electrons. The molecular weight excluding hydrogens is 250 g/mol. The van der Waals surface area contributed by atoms with E-state index in [4.69, 9.17) is 12.2 Å². The molecule has 1 fully saturated rings. The first kappa shape index (κ1) is 10.9. The van der Waals surface area contributed by atoms with E-state index in [-0.39, 0.29) is 17.6 Å². The zero-order valence-corrected chi connectivity index (χ0v) is 9.81. The summed E-state index contributed by atoms with van der Waals surface area (Å²) in [6.45, 7) is 1.76. The molecule has 0 unspecified atom stereocenters. The van der Waals surface area contributed by atoms with Crippen LogP contribution < -0.4 is 10.7 Å². The number of rotatable bonds is 2. The summed E-state index contributed by atoms with van der Waals surface area (Å²) in [6.07, 6.45) is 0. The topological polar surface area (TPSA) is 87.2 Å². The fourth-order valence-corrected chi connectivity index (χ4v) is 1.89. The van der Waals surface area contributed by atoms with Gasteiger partial charge in [0.1, 0.15) is 4.88 Å². The highest BCUT2D eigenvalue weighted by Gasteiger charge is 2.28. The number of hydrogen-bond donors (Lipinski definition) is 2. The zero-order chi connectivity index (χ0) is 11.7. The average molecular weight is 257 g/mol. The number of carbonyl (C=O) groups excluding carboxylic acids is 2. The van der Waals surface area contributed by atoms with Crippen LogP contribution in [0.25, 0.3) is 0 Å². The molecule has 16 heavy (non-hydrogen) atoms. The second-order valence-electron chi connectivity index (χ2n) is 3.02. The molecule has 9 heteroatoms. The number of hydrazine groups is 1. The van der Waals surface area contributed by atoms with Gasteiger partial charge in [0.05, 0.1) is 12.2 Å². The molecule has 1 aliphatic heterocycles. The maximum atomic E-state index is 11.7. The highest BCUT2D eigenvalue weighted by Crippen LogP contribution is 2.09. The van der Waals surface area contributed by atoms with Gasteiger partial charge in [0.2, 0.25) is 0 Å². The van der Waals surface area contributed by atoms with Crippen LogP contribution in [0.5, 0.6) is 0 Å². The van der Waals surface area contributed by atoms with Gasteiger partial charge in [-0.05, 0) is 30.7 Å². The number of aryl methyl sites for hydroxylation is 1. The number of carbonyl (C=O) groups is 2. The molecule has 0 saturated carbocycles. The molecule has 2 N–H and O–H groups in total. The zero-order valence-electron chi connectivity index (χ0n) is 8.18. The van der Waals surface area contributed by atoms with Crippen LogP contribution in [0.15, 0.2) is 0 Å². The van der Waals surface area contributed by atoms with Gasteiger partial charge in [0, 0.05) is 0 Å².